The van der Waals surface area contributed by atoms with Gasteiger partial charge in [0.25, 0.3) is 0 Å². The van der Waals surface area contributed by atoms with Gasteiger partial charge < -0.3 is 4.74 Å². The molecule has 0 aliphatic heterocycles. The smallest absolute Gasteiger partial charge is 0.426 e. The van der Waals surface area contributed by atoms with Gasteiger partial charge in [-0.15, -0.1) is 0 Å². The van der Waals surface area contributed by atoms with Crippen LogP contribution in [0, 0.1) is 0 Å². The maximum atomic E-state index is 11.4. The van der Waals surface area contributed by atoms with E-state index in [0.717, 1.165) is 5.56 Å². The monoisotopic (exact) mass is 270 g/mol. The van der Waals surface area contributed by atoms with Crippen LogP contribution in [0.2, 0.25) is 5.02 Å². The Morgan fingerprint density at radius 1 is 1.22 bits per heavy atom. The molecule has 0 aromatic heterocycles. The number of hydrogen-bond donors (Lipinski definition) is 2. The molecule has 0 fully saturated rings. The van der Waals surface area contributed by atoms with Gasteiger partial charge in [0.05, 0.1) is 6.61 Å². The van der Waals surface area contributed by atoms with Crippen LogP contribution in [-0.4, -0.2) is 18.6 Å². The van der Waals surface area contributed by atoms with Gasteiger partial charge in [-0.3, -0.25) is 10.2 Å². The predicted octanol–water partition coefficient (Wildman–Crippen LogP) is 2.05. The summed E-state index contributed by atoms with van der Waals surface area (Å²) in [6.07, 6.45) is 0.180. The third-order valence-corrected chi connectivity index (χ3v) is 2.39. The second-order valence-corrected chi connectivity index (χ2v) is 3.96. The Kier molecular flexibility index (Phi) is 6.00. The lowest BCUT2D eigenvalue weighted by Gasteiger charge is -2.07. The van der Waals surface area contributed by atoms with E-state index in [1.165, 1.54) is 0 Å². The molecule has 0 aliphatic carbocycles. The number of hydrogen-bond acceptors (Lipinski definition) is 3. The molecule has 0 radical (unpaired) electrons. The molecule has 0 bridgehead atoms. The molecule has 0 unspecified atom stereocenters. The lowest BCUT2D eigenvalue weighted by molar-refractivity contribution is -0.121. The average molecular weight is 271 g/mol. The number of rotatable bonds is 4. The van der Waals surface area contributed by atoms with Crippen LogP contribution in [0.15, 0.2) is 24.3 Å². The summed E-state index contributed by atoms with van der Waals surface area (Å²) in [6.45, 7) is 1.94. The van der Waals surface area contributed by atoms with Crippen molar-refractivity contribution in [2.45, 2.75) is 19.8 Å². The Morgan fingerprint density at radius 2 is 1.89 bits per heavy atom. The Morgan fingerprint density at radius 3 is 2.50 bits per heavy atom. The first-order valence-corrected chi connectivity index (χ1v) is 5.95. The van der Waals surface area contributed by atoms with Crippen molar-refractivity contribution in [2.24, 2.45) is 0 Å². The minimum Gasteiger partial charge on any atom is -0.449 e. The van der Waals surface area contributed by atoms with Crippen LogP contribution in [0.1, 0.15) is 18.9 Å². The molecule has 2 N–H and O–H groups in total. The molecular weight excluding hydrogens is 256 g/mol. The molecule has 0 spiro atoms. The van der Waals surface area contributed by atoms with Gasteiger partial charge in [-0.25, -0.2) is 10.2 Å². The highest BCUT2D eigenvalue weighted by atomic mass is 35.5. The summed E-state index contributed by atoms with van der Waals surface area (Å²) in [4.78, 5) is 22.3. The largest absolute Gasteiger partial charge is 0.449 e. The van der Waals surface area contributed by atoms with E-state index in [0.29, 0.717) is 11.4 Å². The van der Waals surface area contributed by atoms with E-state index in [9.17, 15) is 9.59 Å². The number of amides is 2. The van der Waals surface area contributed by atoms with Crippen LogP contribution in [0.4, 0.5) is 4.79 Å². The average Bonchev–Trinajstić information content (AvgIpc) is 2.36. The third kappa shape index (κ3) is 5.54. The molecule has 5 nitrogen and oxygen atoms in total. The Balaban J connectivity index is 2.24. The molecule has 1 rings (SSSR count). The minimum atomic E-state index is -0.669. The highest BCUT2D eigenvalue weighted by molar-refractivity contribution is 6.30. The quantitative estimate of drug-likeness (QED) is 0.823. The summed E-state index contributed by atoms with van der Waals surface area (Å²) in [7, 11) is 0. The lowest BCUT2D eigenvalue weighted by atomic mass is 10.1. The van der Waals surface area contributed by atoms with Crippen molar-refractivity contribution < 1.29 is 14.3 Å². The molecule has 18 heavy (non-hydrogen) atoms. The zero-order chi connectivity index (χ0) is 13.4. The van der Waals surface area contributed by atoms with Gasteiger partial charge in [0, 0.05) is 11.4 Å². The zero-order valence-corrected chi connectivity index (χ0v) is 10.8. The number of carbonyl (C=O) groups excluding carboxylic acids is 2. The fourth-order valence-corrected chi connectivity index (χ4v) is 1.39. The maximum absolute atomic E-state index is 11.4. The predicted molar refractivity (Wildman–Crippen MR) is 68.1 cm³/mol. The van der Waals surface area contributed by atoms with Crippen LogP contribution in [0.25, 0.3) is 0 Å². The van der Waals surface area contributed by atoms with E-state index in [4.69, 9.17) is 11.6 Å². The minimum absolute atomic E-state index is 0.256. The highest BCUT2D eigenvalue weighted by Crippen LogP contribution is 2.10. The Hall–Kier alpha value is -1.75. The number of aryl methyl sites for hydroxylation is 1. The summed E-state index contributed by atoms with van der Waals surface area (Å²) < 4.78 is 4.59. The van der Waals surface area contributed by atoms with E-state index in [2.05, 4.69) is 15.6 Å². The molecule has 2 amide bonds. The maximum Gasteiger partial charge on any atom is 0.426 e. The number of hydrazine groups is 1. The SMILES string of the molecule is CCOC(=O)NNC(=O)CCc1ccc(Cl)cc1. The molecule has 6 heteroatoms. The first-order chi connectivity index (χ1) is 8.61. The fourth-order valence-electron chi connectivity index (χ4n) is 1.26. The summed E-state index contributed by atoms with van der Waals surface area (Å²) in [5.74, 6) is -0.280. The molecule has 0 saturated heterocycles. The van der Waals surface area contributed by atoms with E-state index in [1.54, 1.807) is 19.1 Å². The van der Waals surface area contributed by atoms with Gasteiger partial charge in [0.15, 0.2) is 0 Å². The first-order valence-electron chi connectivity index (χ1n) is 5.58. The van der Waals surface area contributed by atoms with Crippen molar-refractivity contribution in [3.05, 3.63) is 34.9 Å². The van der Waals surface area contributed by atoms with Crippen molar-refractivity contribution in [2.75, 3.05) is 6.61 Å². The summed E-state index contributed by atoms with van der Waals surface area (Å²) in [5.41, 5.74) is 5.41. The third-order valence-electron chi connectivity index (χ3n) is 2.13. The van der Waals surface area contributed by atoms with Crippen LogP contribution in [0.3, 0.4) is 0 Å². The second kappa shape index (κ2) is 7.55. The standard InChI is InChI=1S/C12H15ClN2O3/c1-2-18-12(17)15-14-11(16)8-5-9-3-6-10(13)7-4-9/h3-4,6-7H,2,5,8H2,1H3,(H,14,16)(H,15,17). The van der Waals surface area contributed by atoms with E-state index in [1.807, 2.05) is 12.1 Å². The number of benzene rings is 1. The molecule has 0 aliphatic rings. The van der Waals surface area contributed by atoms with Crippen LogP contribution >= 0.6 is 11.6 Å². The molecule has 1 aromatic carbocycles. The molecule has 98 valence electrons. The van der Waals surface area contributed by atoms with Crippen molar-refractivity contribution in [3.63, 3.8) is 0 Å². The van der Waals surface area contributed by atoms with Gasteiger partial charge in [0.1, 0.15) is 0 Å². The second-order valence-electron chi connectivity index (χ2n) is 3.52. The lowest BCUT2D eigenvalue weighted by Crippen LogP contribution is -2.42. The molecular formula is C12H15ClN2O3. The Bertz CT molecular complexity index is 406. The first kappa shape index (κ1) is 14.3. The van der Waals surface area contributed by atoms with Crippen molar-refractivity contribution >= 4 is 23.6 Å². The van der Waals surface area contributed by atoms with Gasteiger partial charge in [-0.05, 0) is 31.0 Å². The van der Waals surface area contributed by atoms with Gasteiger partial charge in [-0.2, -0.15) is 0 Å². The van der Waals surface area contributed by atoms with Crippen LogP contribution < -0.4 is 10.9 Å². The van der Waals surface area contributed by atoms with Crippen LogP contribution in [0.5, 0.6) is 0 Å². The number of carbonyl (C=O) groups is 2. The van der Waals surface area contributed by atoms with E-state index >= 15 is 0 Å². The highest BCUT2D eigenvalue weighted by Gasteiger charge is 2.04. The zero-order valence-electron chi connectivity index (χ0n) is 10.0. The Labute approximate surface area is 110 Å². The summed E-state index contributed by atoms with van der Waals surface area (Å²) >= 11 is 5.75. The molecule has 0 heterocycles. The van der Waals surface area contributed by atoms with E-state index < -0.39 is 6.09 Å². The van der Waals surface area contributed by atoms with Crippen LogP contribution in [-0.2, 0) is 16.0 Å². The van der Waals surface area contributed by atoms with Crippen molar-refractivity contribution in [1.29, 1.82) is 0 Å². The van der Waals surface area contributed by atoms with E-state index in [-0.39, 0.29) is 18.9 Å². The van der Waals surface area contributed by atoms with Crippen molar-refractivity contribution in [1.82, 2.24) is 10.9 Å². The molecule has 0 atom stereocenters. The number of nitrogens with one attached hydrogen (secondary N) is 2. The molecule has 1 aromatic rings. The number of halogens is 1. The topological polar surface area (TPSA) is 67.4 Å². The fraction of sp³-hybridized carbons (Fsp3) is 0.333. The molecule has 0 saturated carbocycles. The van der Waals surface area contributed by atoms with Gasteiger partial charge in [-0.1, -0.05) is 23.7 Å². The number of ether oxygens (including phenoxy) is 1. The van der Waals surface area contributed by atoms with Gasteiger partial charge >= 0.3 is 6.09 Å². The van der Waals surface area contributed by atoms with Crippen molar-refractivity contribution in [3.8, 4) is 0 Å². The van der Waals surface area contributed by atoms with Gasteiger partial charge in [0.2, 0.25) is 5.91 Å². The summed E-state index contributed by atoms with van der Waals surface area (Å²) in [5, 5.41) is 0.659. The normalized spacial score (nSPS) is 9.67. The summed E-state index contributed by atoms with van der Waals surface area (Å²) in [6, 6.07) is 7.25.